The zero-order valence-corrected chi connectivity index (χ0v) is 17.5. The molecule has 0 unspecified atom stereocenters. The Bertz CT molecular complexity index is 934. The highest BCUT2D eigenvalue weighted by Gasteiger charge is 2.35. The average Bonchev–Trinajstić information content (AvgIpc) is 3.07. The predicted octanol–water partition coefficient (Wildman–Crippen LogP) is 2.72. The second-order valence-electron chi connectivity index (χ2n) is 7.93. The molecule has 1 saturated heterocycles. The second-order valence-corrected chi connectivity index (χ2v) is 7.93. The smallest absolute Gasteiger partial charge is 0.275 e. The molecule has 0 bridgehead atoms. The van der Waals surface area contributed by atoms with E-state index in [-0.39, 0.29) is 30.6 Å². The fraction of sp³-hybridized carbons (Fsp3) is 0.500. The minimum absolute atomic E-state index is 0.0403. The quantitative estimate of drug-likeness (QED) is 0.800. The number of piperazine rings is 1. The van der Waals surface area contributed by atoms with Crippen LogP contribution in [0.1, 0.15) is 54.2 Å². The highest BCUT2D eigenvalue weighted by atomic mass is 16.5. The molecule has 1 aromatic carbocycles. The van der Waals surface area contributed by atoms with Gasteiger partial charge in [0.05, 0.1) is 17.9 Å². The highest BCUT2D eigenvalue weighted by molar-refractivity contribution is 6.01. The van der Waals surface area contributed by atoms with Crippen molar-refractivity contribution >= 4 is 17.5 Å². The SMILES string of the molecule is CCn1nc(C(=O)N2CCN(c3ccc(C)cc3)C(=O)C2)c2c1[C@H](C)O[C@H](C)C2. The summed E-state index contributed by atoms with van der Waals surface area (Å²) in [6.45, 7) is 9.77. The zero-order valence-electron chi connectivity index (χ0n) is 17.5. The van der Waals surface area contributed by atoms with Gasteiger partial charge in [0.1, 0.15) is 6.54 Å². The number of nitrogens with zero attached hydrogens (tertiary/aromatic N) is 4. The first-order valence-electron chi connectivity index (χ1n) is 10.3. The van der Waals surface area contributed by atoms with Gasteiger partial charge in [0.25, 0.3) is 5.91 Å². The van der Waals surface area contributed by atoms with Crippen LogP contribution in [0.5, 0.6) is 0 Å². The molecule has 29 heavy (non-hydrogen) atoms. The second kappa shape index (κ2) is 7.63. The van der Waals surface area contributed by atoms with Crippen LogP contribution in [0.25, 0.3) is 0 Å². The summed E-state index contributed by atoms with van der Waals surface area (Å²) in [6, 6.07) is 7.89. The average molecular weight is 396 g/mol. The van der Waals surface area contributed by atoms with E-state index < -0.39 is 0 Å². The third-order valence-corrected chi connectivity index (χ3v) is 5.76. The first kappa shape index (κ1) is 19.6. The lowest BCUT2D eigenvalue weighted by Crippen LogP contribution is -2.52. The van der Waals surface area contributed by atoms with Crippen LogP contribution in [0.4, 0.5) is 5.69 Å². The van der Waals surface area contributed by atoms with E-state index >= 15 is 0 Å². The molecule has 7 heteroatoms. The number of fused-ring (bicyclic) bond motifs is 1. The Balaban J connectivity index is 1.56. The van der Waals surface area contributed by atoms with E-state index in [1.165, 1.54) is 0 Å². The maximum Gasteiger partial charge on any atom is 0.275 e. The van der Waals surface area contributed by atoms with E-state index in [1.54, 1.807) is 9.80 Å². The third kappa shape index (κ3) is 3.55. The Morgan fingerprint density at radius 1 is 1.21 bits per heavy atom. The third-order valence-electron chi connectivity index (χ3n) is 5.76. The van der Waals surface area contributed by atoms with Crippen molar-refractivity contribution in [3.05, 3.63) is 46.8 Å². The number of hydrogen-bond donors (Lipinski definition) is 0. The van der Waals surface area contributed by atoms with Crippen LogP contribution >= 0.6 is 0 Å². The molecule has 1 aromatic heterocycles. The fourth-order valence-corrected chi connectivity index (χ4v) is 4.32. The number of rotatable bonds is 3. The van der Waals surface area contributed by atoms with Crippen LogP contribution in [-0.2, 0) is 22.5 Å². The summed E-state index contributed by atoms with van der Waals surface area (Å²) in [4.78, 5) is 29.4. The minimum Gasteiger partial charge on any atom is -0.369 e. The molecule has 0 aliphatic carbocycles. The fourth-order valence-electron chi connectivity index (χ4n) is 4.32. The van der Waals surface area contributed by atoms with Crippen molar-refractivity contribution in [1.29, 1.82) is 0 Å². The molecule has 2 amide bonds. The maximum absolute atomic E-state index is 13.3. The van der Waals surface area contributed by atoms with E-state index in [4.69, 9.17) is 4.74 Å². The van der Waals surface area contributed by atoms with Gasteiger partial charge in [0.15, 0.2) is 5.69 Å². The number of anilines is 1. The number of aromatic nitrogens is 2. The first-order chi connectivity index (χ1) is 13.9. The molecule has 7 nitrogen and oxygen atoms in total. The zero-order chi connectivity index (χ0) is 20.7. The standard InChI is InChI=1S/C22H28N4O3/c1-5-26-21-16(4)29-15(3)12-18(21)20(23-26)22(28)24-10-11-25(19(27)13-24)17-8-6-14(2)7-9-17/h6-9,15-16H,5,10-13H2,1-4H3/t15-,16+/m1/s1. The Morgan fingerprint density at radius 3 is 2.59 bits per heavy atom. The molecule has 1 fully saturated rings. The lowest BCUT2D eigenvalue weighted by molar-refractivity contribution is -0.120. The van der Waals surface area contributed by atoms with Crippen LogP contribution in [0.2, 0.25) is 0 Å². The number of amides is 2. The van der Waals surface area contributed by atoms with Crippen LogP contribution in [0.15, 0.2) is 24.3 Å². The largest absolute Gasteiger partial charge is 0.369 e. The van der Waals surface area contributed by atoms with Crippen molar-refractivity contribution < 1.29 is 14.3 Å². The molecule has 2 atom stereocenters. The van der Waals surface area contributed by atoms with Crippen molar-refractivity contribution in [1.82, 2.24) is 14.7 Å². The number of hydrogen-bond acceptors (Lipinski definition) is 4. The van der Waals surface area contributed by atoms with Crippen molar-refractivity contribution in [2.24, 2.45) is 0 Å². The lowest BCUT2D eigenvalue weighted by Gasteiger charge is -2.34. The number of ether oxygens (including phenoxy) is 1. The Morgan fingerprint density at radius 2 is 1.93 bits per heavy atom. The molecule has 2 aliphatic rings. The number of aryl methyl sites for hydroxylation is 2. The molecular formula is C22H28N4O3. The van der Waals surface area contributed by atoms with Gasteiger partial charge in [0.2, 0.25) is 5.91 Å². The molecule has 0 N–H and O–H groups in total. The lowest BCUT2D eigenvalue weighted by atomic mass is 9.99. The van der Waals surface area contributed by atoms with Gasteiger partial charge in [-0.2, -0.15) is 5.10 Å². The van der Waals surface area contributed by atoms with Crippen LogP contribution in [-0.4, -0.2) is 52.2 Å². The van der Waals surface area contributed by atoms with Crippen molar-refractivity contribution in [3.8, 4) is 0 Å². The monoisotopic (exact) mass is 396 g/mol. The summed E-state index contributed by atoms with van der Waals surface area (Å²) in [5.41, 5.74) is 4.45. The molecule has 0 spiro atoms. The van der Waals surface area contributed by atoms with Gasteiger partial charge >= 0.3 is 0 Å². The topological polar surface area (TPSA) is 67.7 Å². The normalized spacial score (nSPS) is 22.0. The molecule has 4 rings (SSSR count). The maximum atomic E-state index is 13.3. The summed E-state index contributed by atoms with van der Waals surface area (Å²) in [6.07, 6.45) is 0.610. The Kier molecular flexibility index (Phi) is 5.17. The number of carbonyl (C=O) groups is 2. The highest BCUT2D eigenvalue weighted by Crippen LogP contribution is 2.33. The summed E-state index contributed by atoms with van der Waals surface area (Å²) in [7, 11) is 0. The Hall–Kier alpha value is -2.67. The summed E-state index contributed by atoms with van der Waals surface area (Å²) in [5.74, 6) is -0.228. The van der Waals surface area contributed by atoms with Gasteiger partial charge in [-0.05, 0) is 39.8 Å². The van der Waals surface area contributed by atoms with Gasteiger partial charge in [-0.1, -0.05) is 17.7 Å². The van der Waals surface area contributed by atoms with E-state index in [0.29, 0.717) is 31.7 Å². The van der Waals surface area contributed by atoms with Gasteiger partial charge < -0.3 is 14.5 Å². The van der Waals surface area contributed by atoms with Crippen molar-refractivity contribution in [2.45, 2.75) is 52.9 Å². The van der Waals surface area contributed by atoms with Crippen LogP contribution in [0.3, 0.4) is 0 Å². The predicted molar refractivity (Wildman–Crippen MR) is 110 cm³/mol. The van der Waals surface area contributed by atoms with Gasteiger partial charge in [-0.25, -0.2) is 0 Å². The molecule has 2 aromatic rings. The molecule has 0 saturated carbocycles. The van der Waals surface area contributed by atoms with E-state index in [9.17, 15) is 9.59 Å². The van der Waals surface area contributed by atoms with Crippen molar-refractivity contribution in [3.63, 3.8) is 0 Å². The van der Waals surface area contributed by atoms with E-state index in [2.05, 4.69) is 5.10 Å². The van der Waals surface area contributed by atoms with Crippen LogP contribution < -0.4 is 4.90 Å². The van der Waals surface area contributed by atoms with E-state index in [1.807, 2.05) is 56.6 Å². The number of carbonyl (C=O) groups excluding carboxylic acids is 2. The molecule has 154 valence electrons. The van der Waals surface area contributed by atoms with Gasteiger partial charge in [-0.15, -0.1) is 0 Å². The summed E-state index contributed by atoms with van der Waals surface area (Å²) < 4.78 is 7.80. The van der Waals surface area contributed by atoms with Gasteiger partial charge in [0, 0.05) is 37.3 Å². The number of benzene rings is 1. The van der Waals surface area contributed by atoms with Crippen LogP contribution in [0, 0.1) is 6.92 Å². The molecular weight excluding hydrogens is 368 g/mol. The van der Waals surface area contributed by atoms with E-state index in [0.717, 1.165) is 22.5 Å². The summed E-state index contributed by atoms with van der Waals surface area (Å²) >= 11 is 0. The summed E-state index contributed by atoms with van der Waals surface area (Å²) in [5, 5.41) is 4.60. The first-order valence-corrected chi connectivity index (χ1v) is 10.3. The van der Waals surface area contributed by atoms with Crippen molar-refractivity contribution in [2.75, 3.05) is 24.5 Å². The minimum atomic E-state index is -0.161. The molecule has 2 aliphatic heterocycles. The molecule has 0 radical (unpaired) electrons. The van der Waals surface area contributed by atoms with Gasteiger partial charge in [-0.3, -0.25) is 14.3 Å². The molecule has 3 heterocycles. The Labute approximate surface area is 171 Å².